The third-order valence-corrected chi connectivity index (χ3v) is 4.26. The Kier molecular flexibility index (Phi) is 6.65. The maximum Gasteiger partial charge on any atom is 0.0666 e. The van der Waals surface area contributed by atoms with E-state index in [0.29, 0.717) is 12.7 Å². The first-order valence-corrected chi connectivity index (χ1v) is 6.73. The predicted molar refractivity (Wildman–Crippen MR) is 61.8 cm³/mol. The van der Waals surface area contributed by atoms with E-state index in [4.69, 9.17) is 9.84 Å². The first-order valence-electron chi connectivity index (χ1n) is 5.68. The van der Waals surface area contributed by atoms with Crippen molar-refractivity contribution >= 4 is 11.8 Å². The summed E-state index contributed by atoms with van der Waals surface area (Å²) in [6, 6.07) is 0. The van der Waals surface area contributed by atoms with Crippen LogP contribution in [-0.2, 0) is 4.74 Å². The summed E-state index contributed by atoms with van der Waals surface area (Å²) < 4.78 is 5.51. The number of rotatable bonds is 7. The van der Waals surface area contributed by atoms with Crippen molar-refractivity contribution in [2.45, 2.75) is 50.4 Å². The van der Waals surface area contributed by atoms with Crippen LogP contribution in [0.2, 0.25) is 0 Å². The average Bonchev–Trinajstić information content (AvgIpc) is 2.58. The molecular weight excluding hydrogens is 196 g/mol. The third-order valence-electron chi connectivity index (χ3n) is 2.69. The number of ether oxygens (including phenoxy) is 1. The van der Waals surface area contributed by atoms with Crippen LogP contribution in [0.5, 0.6) is 0 Å². The molecule has 3 heteroatoms. The number of aliphatic hydroxyl groups is 1. The Balaban J connectivity index is 1.88. The van der Waals surface area contributed by atoms with Crippen LogP contribution in [0.15, 0.2) is 0 Å². The van der Waals surface area contributed by atoms with E-state index in [9.17, 15) is 0 Å². The first kappa shape index (κ1) is 12.3. The highest BCUT2D eigenvalue weighted by Gasteiger charge is 2.23. The van der Waals surface area contributed by atoms with Crippen molar-refractivity contribution < 1.29 is 9.84 Å². The molecule has 0 amide bonds. The van der Waals surface area contributed by atoms with Crippen LogP contribution in [-0.4, -0.2) is 35.4 Å². The lowest BCUT2D eigenvalue weighted by atomic mass is 10.2. The van der Waals surface area contributed by atoms with Gasteiger partial charge >= 0.3 is 0 Å². The molecule has 0 aromatic carbocycles. The summed E-state index contributed by atoms with van der Waals surface area (Å²) >= 11 is 2.06. The van der Waals surface area contributed by atoms with Crippen molar-refractivity contribution in [3.8, 4) is 0 Å². The maximum atomic E-state index is 8.61. The summed E-state index contributed by atoms with van der Waals surface area (Å²) in [6.45, 7) is 3.47. The molecule has 2 atom stereocenters. The van der Waals surface area contributed by atoms with Crippen LogP contribution in [0.3, 0.4) is 0 Å². The summed E-state index contributed by atoms with van der Waals surface area (Å²) in [4.78, 5) is 0. The van der Waals surface area contributed by atoms with Gasteiger partial charge in [-0.1, -0.05) is 12.8 Å². The van der Waals surface area contributed by atoms with Crippen LogP contribution in [0, 0.1) is 0 Å². The van der Waals surface area contributed by atoms with Gasteiger partial charge in [0.25, 0.3) is 0 Å². The van der Waals surface area contributed by atoms with Crippen molar-refractivity contribution in [3.63, 3.8) is 0 Å². The Labute approximate surface area is 91.4 Å². The molecule has 14 heavy (non-hydrogen) atoms. The normalized spacial score (nSPS) is 27.0. The molecule has 2 nitrogen and oxygen atoms in total. The summed E-state index contributed by atoms with van der Waals surface area (Å²) in [5, 5.41) is 9.34. The van der Waals surface area contributed by atoms with Crippen molar-refractivity contribution in [1.29, 1.82) is 0 Å². The summed E-state index contributed by atoms with van der Waals surface area (Å²) in [5.74, 6) is 1.25. The van der Waals surface area contributed by atoms with Crippen LogP contribution in [0.25, 0.3) is 0 Å². The molecule has 1 fully saturated rings. The van der Waals surface area contributed by atoms with Crippen LogP contribution in [0.4, 0.5) is 0 Å². The van der Waals surface area contributed by atoms with Crippen LogP contribution in [0.1, 0.15) is 39.0 Å². The monoisotopic (exact) mass is 218 g/mol. The molecule has 1 aliphatic rings. The van der Waals surface area contributed by atoms with Gasteiger partial charge in [0.1, 0.15) is 0 Å². The quantitative estimate of drug-likeness (QED) is 0.666. The van der Waals surface area contributed by atoms with Gasteiger partial charge in [-0.3, -0.25) is 0 Å². The zero-order valence-electron chi connectivity index (χ0n) is 9.08. The third kappa shape index (κ3) is 4.67. The Hall–Kier alpha value is 0.270. The molecule has 0 spiro atoms. The van der Waals surface area contributed by atoms with E-state index < -0.39 is 0 Å². The van der Waals surface area contributed by atoms with Gasteiger partial charge in [-0.15, -0.1) is 0 Å². The minimum absolute atomic E-state index is 0.348. The second-order valence-electron chi connectivity index (χ2n) is 3.91. The van der Waals surface area contributed by atoms with E-state index in [2.05, 4.69) is 18.7 Å². The van der Waals surface area contributed by atoms with Gasteiger partial charge < -0.3 is 9.84 Å². The molecule has 0 radical (unpaired) electrons. The number of thioether (sulfide) groups is 1. The first-order chi connectivity index (χ1) is 6.84. The van der Waals surface area contributed by atoms with Crippen LogP contribution < -0.4 is 0 Å². The Morgan fingerprint density at radius 1 is 1.29 bits per heavy atom. The van der Waals surface area contributed by atoms with Crippen molar-refractivity contribution in [2.24, 2.45) is 0 Å². The number of hydrogen-bond donors (Lipinski definition) is 1. The van der Waals surface area contributed by atoms with E-state index >= 15 is 0 Å². The molecule has 0 aromatic rings. The fourth-order valence-electron chi connectivity index (χ4n) is 1.73. The van der Waals surface area contributed by atoms with E-state index in [0.717, 1.165) is 18.3 Å². The van der Waals surface area contributed by atoms with Crippen LogP contribution >= 0.6 is 11.8 Å². The minimum Gasteiger partial charge on any atom is -0.396 e. The molecule has 0 bridgehead atoms. The highest BCUT2D eigenvalue weighted by Crippen LogP contribution is 2.26. The summed E-state index contributed by atoms with van der Waals surface area (Å²) in [5.41, 5.74) is 0. The highest BCUT2D eigenvalue weighted by atomic mass is 32.2. The van der Waals surface area contributed by atoms with Gasteiger partial charge in [-0.05, 0) is 31.9 Å². The van der Waals surface area contributed by atoms with Gasteiger partial charge in [0.05, 0.1) is 6.10 Å². The second-order valence-corrected chi connectivity index (χ2v) is 5.26. The van der Waals surface area contributed by atoms with Crippen molar-refractivity contribution in [3.05, 3.63) is 0 Å². The summed E-state index contributed by atoms with van der Waals surface area (Å²) in [6.07, 6.45) is 6.37. The number of aliphatic hydroxyl groups excluding tert-OH is 1. The fourth-order valence-corrected chi connectivity index (χ4v) is 3.02. The SMILES string of the molecule is CC1OCCC1SCCCCCCO. The molecule has 0 aromatic heterocycles. The lowest BCUT2D eigenvalue weighted by Gasteiger charge is -2.12. The van der Waals surface area contributed by atoms with Gasteiger partial charge in [0.2, 0.25) is 0 Å². The molecule has 0 aliphatic carbocycles. The molecule has 1 saturated heterocycles. The Morgan fingerprint density at radius 3 is 2.71 bits per heavy atom. The average molecular weight is 218 g/mol. The molecule has 1 heterocycles. The zero-order valence-corrected chi connectivity index (χ0v) is 9.89. The van der Waals surface area contributed by atoms with E-state index in [-0.39, 0.29) is 0 Å². The second kappa shape index (κ2) is 7.55. The largest absolute Gasteiger partial charge is 0.396 e. The van der Waals surface area contributed by atoms with Crippen molar-refractivity contribution in [1.82, 2.24) is 0 Å². The molecule has 84 valence electrons. The molecule has 1 aliphatic heterocycles. The van der Waals surface area contributed by atoms with Crippen molar-refractivity contribution in [2.75, 3.05) is 19.0 Å². The highest BCUT2D eigenvalue weighted by molar-refractivity contribution is 7.99. The predicted octanol–water partition coefficient (Wildman–Crippen LogP) is 2.45. The maximum absolute atomic E-state index is 8.61. The molecule has 1 rings (SSSR count). The zero-order chi connectivity index (χ0) is 10.2. The summed E-state index contributed by atoms with van der Waals surface area (Å²) in [7, 11) is 0. The standard InChI is InChI=1S/C11H22O2S/c1-10-11(6-8-13-10)14-9-5-3-2-4-7-12/h10-12H,2-9H2,1H3. The number of hydrogen-bond acceptors (Lipinski definition) is 3. The Bertz CT molecular complexity index is 141. The molecule has 1 N–H and O–H groups in total. The van der Waals surface area contributed by atoms with E-state index in [1.54, 1.807) is 0 Å². The molecular formula is C11H22O2S. The lowest BCUT2D eigenvalue weighted by Crippen LogP contribution is -2.13. The number of unbranched alkanes of at least 4 members (excludes halogenated alkanes) is 3. The topological polar surface area (TPSA) is 29.5 Å². The van der Waals surface area contributed by atoms with Gasteiger partial charge in [0.15, 0.2) is 0 Å². The smallest absolute Gasteiger partial charge is 0.0666 e. The minimum atomic E-state index is 0.348. The van der Waals surface area contributed by atoms with Gasteiger partial charge in [0, 0.05) is 18.5 Å². The lowest BCUT2D eigenvalue weighted by molar-refractivity contribution is 0.127. The Morgan fingerprint density at radius 2 is 2.07 bits per heavy atom. The molecule has 2 unspecified atom stereocenters. The van der Waals surface area contributed by atoms with Gasteiger partial charge in [-0.2, -0.15) is 11.8 Å². The van der Waals surface area contributed by atoms with E-state index in [1.165, 1.54) is 31.4 Å². The fraction of sp³-hybridized carbons (Fsp3) is 1.00. The van der Waals surface area contributed by atoms with E-state index in [1.807, 2.05) is 0 Å². The molecule has 0 saturated carbocycles. The van der Waals surface area contributed by atoms with Gasteiger partial charge in [-0.25, -0.2) is 0 Å².